The van der Waals surface area contributed by atoms with Gasteiger partial charge in [-0.2, -0.15) is 9.78 Å². The Balaban J connectivity index is 1.81. The molecule has 0 N–H and O–H groups in total. The van der Waals surface area contributed by atoms with Gasteiger partial charge < -0.3 is 14.2 Å². The minimum atomic E-state index is -0.231. The SMILES string of the molecule is C[C@H]1CN(C(=O)c2cn(C)cc3c(=O)n(-c4ccccc4)nc2-3)C[C@H](C)O1. The van der Waals surface area contributed by atoms with Crippen LogP contribution in [0, 0.1) is 0 Å². The molecule has 0 aromatic heterocycles. The summed E-state index contributed by atoms with van der Waals surface area (Å²) in [6.07, 6.45) is 3.40. The Bertz CT molecular complexity index is 998. The van der Waals surface area contributed by atoms with Crippen molar-refractivity contribution in [3.63, 3.8) is 0 Å². The highest BCUT2D eigenvalue weighted by Gasteiger charge is 2.31. The number of aromatic nitrogens is 3. The van der Waals surface area contributed by atoms with Gasteiger partial charge in [0.2, 0.25) is 0 Å². The van der Waals surface area contributed by atoms with Crippen molar-refractivity contribution in [1.29, 1.82) is 0 Å². The van der Waals surface area contributed by atoms with Crippen LogP contribution in [-0.2, 0) is 11.8 Å². The number of carbonyl (C=O) groups excluding carboxylic acids is 1. The van der Waals surface area contributed by atoms with Crippen LogP contribution in [0.2, 0.25) is 0 Å². The summed E-state index contributed by atoms with van der Waals surface area (Å²) in [7, 11) is 1.81. The number of benzene rings is 1. The van der Waals surface area contributed by atoms with E-state index in [1.807, 2.05) is 44.2 Å². The highest BCUT2D eigenvalue weighted by molar-refractivity contribution is 6.00. The molecular weight excluding hydrogens is 344 g/mol. The predicted octanol–water partition coefficient (Wildman–Crippen LogP) is 1.93. The smallest absolute Gasteiger partial charge is 0.282 e. The first-order chi connectivity index (χ1) is 12.9. The number of morpholine rings is 1. The van der Waals surface area contributed by atoms with Gasteiger partial charge in [-0.05, 0) is 26.0 Å². The third kappa shape index (κ3) is 3.14. The average Bonchev–Trinajstić information content (AvgIpc) is 2.97. The van der Waals surface area contributed by atoms with E-state index in [1.54, 1.807) is 28.9 Å². The van der Waals surface area contributed by atoms with E-state index < -0.39 is 0 Å². The Morgan fingerprint density at radius 2 is 1.78 bits per heavy atom. The van der Waals surface area contributed by atoms with Crippen molar-refractivity contribution in [2.24, 2.45) is 7.05 Å². The van der Waals surface area contributed by atoms with Gasteiger partial charge in [0, 0.05) is 32.5 Å². The quantitative estimate of drug-likeness (QED) is 0.695. The zero-order valence-electron chi connectivity index (χ0n) is 15.6. The van der Waals surface area contributed by atoms with Crippen LogP contribution in [0.4, 0.5) is 0 Å². The molecule has 0 bridgehead atoms. The minimum absolute atomic E-state index is 0.0254. The maximum atomic E-state index is 13.2. The molecule has 2 atom stereocenters. The number of fused-ring (bicyclic) bond motifs is 1. The highest BCUT2D eigenvalue weighted by atomic mass is 16.5. The van der Waals surface area contributed by atoms with Gasteiger partial charge in [-0.15, -0.1) is 0 Å². The molecule has 1 fully saturated rings. The van der Waals surface area contributed by atoms with Gasteiger partial charge in [0.15, 0.2) is 0 Å². The number of rotatable bonds is 2. The number of carbonyl (C=O) groups is 1. The molecular formula is C20H22N4O3. The summed E-state index contributed by atoms with van der Waals surface area (Å²) in [6, 6.07) is 9.22. The predicted molar refractivity (Wildman–Crippen MR) is 101 cm³/mol. The van der Waals surface area contributed by atoms with Crippen LogP contribution >= 0.6 is 0 Å². The number of hydrogen-bond acceptors (Lipinski definition) is 4. The van der Waals surface area contributed by atoms with Crippen molar-refractivity contribution in [1.82, 2.24) is 19.2 Å². The molecule has 3 aliphatic heterocycles. The number of nitrogens with zero attached hydrogens (tertiary/aromatic N) is 4. The molecule has 0 aliphatic carbocycles. The van der Waals surface area contributed by atoms with Crippen LogP contribution in [0.5, 0.6) is 0 Å². The van der Waals surface area contributed by atoms with Crippen LogP contribution < -0.4 is 5.56 Å². The third-order valence-electron chi connectivity index (χ3n) is 4.74. The molecule has 0 saturated carbocycles. The van der Waals surface area contributed by atoms with Gasteiger partial charge in [-0.25, -0.2) is 0 Å². The van der Waals surface area contributed by atoms with Gasteiger partial charge in [0.1, 0.15) is 5.69 Å². The average molecular weight is 366 g/mol. The van der Waals surface area contributed by atoms with Gasteiger partial charge in [0.05, 0.1) is 29.0 Å². The summed E-state index contributed by atoms with van der Waals surface area (Å²) in [4.78, 5) is 27.9. The van der Waals surface area contributed by atoms with Gasteiger partial charge >= 0.3 is 0 Å². The zero-order valence-corrected chi connectivity index (χ0v) is 15.6. The lowest BCUT2D eigenvalue weighted by Crippen LogP contribution is -2.48. The third-order valence-corrected chi connectivity index (χ3v) is 4.74. The Hall–Kier alpha value is -2.93. The largest absolute Gasteiger partial charge is 0.372 e. The molecule has 0 spiro atoms. The second-order valence-electron chi connectivity index (χ2n) is 7.12. The number of hydrogen-bond donors (Lipinski definition) is 0. The van der Waals surface area contributed by atoms with Gasteiger partial charge in [0.25, 0.3) is 11.5 Å². The van der Waals surface area contributed by atoms with Crippen molar-refractivity contribution in [2.75, 3.05) is 13.1 Å². The van der Waals surface area contributed by atoms with E-state index in [0.717, 1.165) is 0 Å². The van der Waals surface area contributed by atoms with Crippen LogP contribution in [0.25, 0.3) is 16.9 Å². The minimum Gasteiger partial charge on any atom is -0.372 e. The number of pyridine rings is 1. The highest BCUT2D eigenvalue weighted by Crippen LogP contribution is 2.24. The van der Waals surface area contributed by atoms with E-state index in [1.165, 1.54) is 4.68 Å². The van der Waals surface area contributed by atoms with E-state index >= 15 is 0 Å². The Morgan fingerprint density at radius 1 is 1.11 bits per heavy atom. The van der Waals surface area contributed by atoms with E-state index in [0.29, 0.717) is 35.6 Å². The van der Waals surface area contributed by atoms with Crippen molar-refractivity contribution >= 4 is 5.91 Å². The van der Waals surface area contributed by atoms with Gasteiger partial charge in [-0.3, -0.25) is 9.59 Å². The number of para-hydroxylation sites is 1. The molecule has 7 nitrogen and oxygen atoms in total. The molecule has 1 aromatic rings. The summed E-state index contributed by atoms with van der Waals surface area (Å²) >= 11 is 0. The lowest BCUT2D eigenvalue weighted by atomic mass is 10.1. The molecule has 3 aliphatic rings. The fraction of sp³-hybridized carbons (Fsp3) is 0.350. The van der Waals surface area contributed by atoms with Gasteiger partial charge in [-0.1, -0.05) is 18.2 Å². The molecule has 27 heavy (non-hydrogen) atoms. The monoisotopic (exact) mass is 366 g/mol. The lowest BCUT2D eigenvalue weighted by molar-refractivity contribution is -0.0586. The number of amides is 1. The maximum Gasteiger partial charge on any atom is 0.282 e. The van der Waals surface area contributed by atoms with Crippen molar-refractivity contribution in [2.45, 2.75) is 26.1 Å². The first kappa shape index (κ1) is 17.5. The second-order valence-corrected chi connectivity index (χ2v) is 7.12. The molecule has 1 aromatic carbocycles. The summed E-state index contributed by atoms with van der Waals surface area (Å²) in [5.41, 5.74) is 1.74. The van der Waals surface area contributed by atoms with Crippen LogP contribution in [0.1, 0.15) is 24.2 Å². The van der Waals surface area contributed by atoms with E-state index in [-0.39, 0.29) is 23.7 Å². The summed E-state index contributed by atoms with van der Waals surface area (Å²) in [6.45, 7) is 4.95. The normalized spacial score (nSPS) is 20.2. The fourth-order valence-corrected chi connectivity index (χ4v) is 3.65. The summed E-state index contributed by atoms with van der Waals surface area (Å²) in [5, 5.41) is 4.49. The number of ether oxygens (including phenoxy) is 1. The zero-order chi connectivity index (χ0) is 19.1. The number of aryl methyl sites for hydroxylation is 1. The Morgan fingerprint density at radius 3 is 2.44 bits per heavy atom. The molecule has 0 unspecified atom stereocenters. The van der Waals surface area contributed by atoms with E-state index in [2.05, 4.69) is 5.10 Å². The molecule has 140 valence electrons. The molecule has 4 rings (SSSR count). The van der Waals surface area contributed by atoms with Crippen molar-refractivity contribution in [3.8, 4) is 16.9 Å². The molecule has 1 saturated heterocycles. The fourth-order valence-electron chi connectivity index (χ4n) is 3.65. The van der Waals surface area contributed by atoms with Crippen molar-refractivity contribution < 1.29 is 9.53 Å². The molecule has 7 heteroatoms. The van der Waals surface area contributed by atoms with Crippen molar-refractivity contribution in [3.05, 3.63) is 58.6 Å². The maximum absolute atomic E-state index is 13.2. The molecule has 3 heterocycles. The first-order valence-electron chi connectivity index (χ1n) is 9.03. The Kier molecular flexibility index (Phi) is 4.31. The van der Waals surface area contributed by atoms with Crippen LogP contribution in [-0.4, -0.2) is 50.5 Å². The van der Waals surface area contributed by atoms with E-state index in [4.69, 9.17) is 4.74 Å². The summed E-state index contributed by atoms with van der Waals surface area (Å²) in [5.74, 6) is -0.129. The standard InChI is InChI=1S/C20H22N4O3/c1-13-9-23(10-14(2)27-13)19(25)16-11-22(3)12-17-18(16)21-24(20(17)26)15-7-5-4-6-8-15/h4-8,11-14H,9-10H2,1-3H3/t13-,14-/m0/s1. The first-order valence-corrected chi connectivity index (χ1v) is 9.03. The topological polar surface area (TPSA) is 69.4 Å². The van der Waals surface area contributed by atoms with Crippen LogP contribution in [0.15, 0.2) is 47.5 Å². The van der Waals surface area contributed by atoms with Crippen LogP contribution in [0.3, 0.4) is 0 Å². The second kappa shape index (κ2) is 6.66. The Labute approximate surface area is 157 Å². The van der Waals surface area contributed by atoms with E-state index in [9.17, 15) is 9.59 Å². The lowest BCUT2D eigenvalue weighted by Gasteiger charge is -2.35. The summed E-state index contributed by atoms with van der Waals surface area (Å²) < 4.78 is 8.82. The molecule has 0 radical (unpaired) electrons. The molecule has 1 amide bonds.